The molecule has 0 aliphatic carbocycles. The Hall–Kier alpha value is -1.67. The van der Waals surface area contributed by atoms with Crippen LogP contribution in [0.15, 0.2) is 17.1 Å². The number of halogens is 1. The fourth-order valence-electron chi connectivity index (χ4n) is 3.35. The van der Waals surface area contributed by atoms with Gasteiger partial charge in [0.25, 0.3) is 0 Å². The molecule has 1 fully saturated rings. The molecule has 1 aromatic carbocycles. The summed E-state index contributed by atoms with van der Waals surface area (Å²) in [7, 11) is -3.08. The minimum atomic E-state index is -3.08. The summed E-state index contributed by atoms with van der Waals surface area (Å²) < 4.78 is 34.9. The van der Waals surface area contributed by atoms with E-state index >= 15 is 0 Å². The molecule has 7 nitrogen and oxygen atoms in total. The number of rotatable bonds is 4. The first-order valence-corrected chi connectivity index (χ1v) is 11.6. The fraction of sp³-hybridized carbons (Fsp3) is 0.632. The van der Waals surface area contributed by atoms with Crippen molar-refractivity contribution < 1.29 is 17.9 Å². The third-order valence-corrected chi connectivity index (χ3v) is 7.81. The Balaban J connectivity index is 1.69. The first-order chi connectivity index (χ1) is 13.2. The van der Waals surface area contributed by atoms with Crippen LogP contribution in [0.3, 0.4) is 0 Å². The van der Waals surface area contributed by atoms with Crippen LogP contribution in [0.1, 0.15) is 26.3 Å². The quantitative estimate of drug-likeness (QED) is 0.583. The predicted molar refractivity (Wildman–Crippen MR) is 112 cm³/mol. The molecule has 9 heteroatoms. The number of sulfone groups is 1. The lowest BCUT2D eigenvalue weighted by molar-refractivity contribution is 0.171. The largest absolute Gasteiger partial charge is 0.486 e. The smallest absolute Gasteiger partial charge is 0.194 e. The van der Waals surface area contributed by atoms with Crippen LogP contribution >= 0.6 is 11.6 Å². The second-order valence-corrected chi connectivity index (χ2v) is 10.7. The zero-order valence-corrected chi connectivity index (χ0v) is 18.2. The second-order valence-electron chi connectivity index (χ2n) is 7.59. The summed E-state index contributed by atoms with van der Waals surface area (Å²) in [4.78, 5) is 6.74. The monoisotopic (exact) mass is 429 g/mol. The molecule has 0 bridgehead atoms. The molecule has 0 aromatic heterocycles. The first kappa shape index (κ1) is 21.0. The van der Waals surface area contributed by atoms with Crippen molar-refractivity contribution in [3.05, 3.63) is 22.7 Å². The maximum absolute atomic E-state index is 12.3. The summed E-state index contributed by atoms with van der Waals surface area (Å²) >= 11 is 6.30. The molecular weight excluding hydrogens is 402 g/mol. The highest BCUT2D eigenvalue weighted by Gasteiger charge is 2.40. The predicted octanol–water partition coefficient (Wildman–Crippen LogP) is 2.13. The molecule has 2 aliphatic heterocycles. The minimum absolute atomic E-state index is 0.141. The fourth-order valence-corrected chi connectivity index (χ4v) is 5.00. The maximum Gasteiger partial charge on any atom is 0.194 e. The SMILES string of the molecule is CCNC(=NCCc1cc(Cl)c2c(c1)OCCO2)N1CCS(=O)(=O)C(C)(C)C1. The van der Waals surface area contributed by atoms with Crippen LogP contribution in [0.2, 0.25) is 5.02 Å². The molecule has 1 aromatic rings. The van der Waals surface area contributed by atoms with Crippen LogP contribution in [0.25, 0.3) is 0 Å². The molecule has 28 heavy (non-hydrogen) atoms. The average molecular weight is 430 g/mol. The zero-order chi connectivity index (χ0) is 20.4. The Morgan fingerprint density at radius 3 is 2.79 bits per heavy atom. The maximum atomic E-state index is 12.3. The van der Waals surface area contributed by atoms with Gasteiger partial charge < -0.3 is 19.7 Å². The number of hydrogen-bond donors (Lipinski definition) is 1. The highest BCUT2D eigenvalue weighted by atomic mass is 35.5. The van der Waals surface area contributed by atoms with Crippen molar-refractivity contribution in [1.82, 2.24) is 10.2 Å². The van der Waals surface area contributed by atoms with Crippen molar-refractivity contribution in [3.63, 3.8) is 0 Å². The van der Waals surface area contributed by atoms with Crippen molar-refractivity contribution in [3.8, 4) is 11.5 Å². The van der Waals surface area contributed by atoms with Gasteiger partial charge in [-0.3, -0.25) is 4.99 Å². The molecule has 0 radical (unpaired) electrons. The van der Waals surface area contributed by atoms with Crippen LogP contribution < -0.4 is 14.8 Å². The third kappa shape index (κ3) is 4.49. The molecule has 2 heterocycles. The van der Waals surface area contributed by atoms with Gasteiger partial charge in [-0.25, -0.2) is 8.42 Å². The lowest BCUT2D eigenvalue weighted by Gasteiger charge is -2.39. The minimum Gasteiger partial charge on any atom is -0.486 e. The number of fused-ring (bicyclic) bond motifs is 1. The summed E-state index contributed by atoms with van der Waals surface area (Å²) in [5, 5.41) is 3.82. The standard InChI is InChI=1S/C19H28ClN3O4S/c1-4-21-18(23-7-10-28(24,25)19(2,3)13-23)22-6-5-14-11-15(20)17-16(12-14)26-8-9-27-17/h11-12H,4-10,13H2,1-3H3,(H,21,22). The molecule has 0 unspecified atom stereocenters. The van der Waals surface area contributed by atoms with Crippen LogP contribution in [0.5, 0.6) is 11.5 Å². The number of nitrogens with one attached hydrogen (secondary N) is 1. The molecule has 0 saturated carbocycles. The molecule has 2 aliphatic rings. The number of aliphatic imine (C=N–C) groups is 1. The number of ether oxygens (including phenoxy) is 2. The number of benzene rings is 1. The average Bonchev–Trinajstić information content (AvgIpc) is 2.63. The highest BCUT2D eigenvalue weighted by molar-refractivity contribution is 7.92. The number of nitrogens with zero attached hydrogens (tertiary/aromatic N) is 2. The highest BCUT2D eigenvalue weighted by Crippen LogP contribution is 2.38. The number of hydrogen-bond acceptors (Lipinski definition) is 5. The van der Waals surface area contributed by atoms with Crippen LogP contribution in [0, 0.1) is 0 Å². The van der Waals surface area contributed by atoms with Gasteiger partial charge >= 0.3 is 0 Å². The summed E-state index contributed by atoms with van der Waals surface area (Å²) in [6.07, 6.45) is 0.695. The van der Waals surface area contributed by atoms with Gasteiger partial charge in [0.15, 0.2) is 27.3 Å². The topological polar surface area (TPSA) is 80.2 Å². The van der Waals surface area contributed by atoms with E-state index in [-0.39, 0.29) is 5.75 Å². The van der Waals surface area contributed by atoms with E-state index in [0.717, 1.165) is 18.1 Å². The van der Waals surface area contributed by atoms with E-state index in [0.29, 0.717) is 55.8 Å². The molecule has 156 valence electrons. The Bertz CT molecular complexity index is 855. The molecule has 0 atom stereocenters. The molecule has 0 amide bonds. The molecular formula is C19H28ClN3O4S. The summed E-state index contributed by atoms with van der Waals surface area (Å²) in [6.45, 7) is 8.73. The number of guanidine groups is 1. The van der Waals surface area contributed by atoms with Crippen LogP contribution in [0.4, 0.5) is 0 Å². The van der Waals surface area contributed by atoms with Crippen molar-refractivity contribution in [2.45, 2.75) is 31.9 Å². The molecule has 1 saturated heterocycles. The van der Waals surface area contributed by atoms with Crippen molar-refractivity contribution >= 4 is 27.4 Å². The van der Waals surface area contributed by atoms with Crippen molar-refractivity contribution in [2.75, 3.05) is 45.1 Å². The van der Waals surface area contributed by atoms with Gasteiger partial charge in [0, 0.05) is 26.2 Å². The van der Waals surface area contributed by atoms with Crippen LogP contribution in [-0.4, -0.2) is 69.2 Å². The first-order valence-electron chi connectivity index (χ1n) is 9.57. The Morgan fingerprint density at radius 1 is 1.32 bits per heavy atom. The molecule has 1 N–H and O–H groups in total. The van der Waals surface area contributed by atoms with E-state index in [2.05, 4.69) is 5.32 Å². The second kappa shape index (κ2) is 8.37. The van der Waals surface area contributed by atoms with Gasteiger partial charge in [-0.1, -0.05) is 11.6 Å². The van der Waals surface area contributed by atoms with Crippen molar-refractivity contribution in [1.29, 1.82) is 0 Å². The Kier molecular flexibility index (Phi) is 6.29. The van der Waals surface area contributed by atoms with E-state index in [9.17, 15) is 8.42 Å². The van der Waals surface area contributed by atoms with Gasteiger partial charge in [0.1, 0.15) is 13.2 Å². The Morgan fingerprint density at radius 2 is 2.07 bits per heavy atom. The van der Waals surface area contributed by atoms with E-state index in [1.807, 2.05) is 24.0 Å². The van der Waals surface area contributed by atoms with E-state index in [4.69, 9.17) is 26.1 Å². The van der Waals surface area contributed by atoms with Crippen molar-refractivity contribution in [2.24, 2.45) is 4.99 Å². The van der Waals surface area contributed by atoms with E-state index in [1.54, 1.807) is 13.8 Å². The van der Waals surface area contributed by atoms with E-state index in [1.165, 1.54) is 0 Å². The zero-order valence-electron chi connectivity index (χ0n) is 16.6. The molecule has 3 rings (SSSR count). The summed E-state index contributed by atoms with van der Waals surface area (Å²) in [5.74, 6) is 2.16. The van der Waals surface area contributed by atoms with Gasteiger partial charge in [-0.15, -0.1) is 0 Å². The van der Waals surface area contributed by atoms with Gasteiger partial charge in [-0.2, -0.15) is 0 Å². The van der Waals surface area contributed by atoms with E-state index < -0.39 is 14.6 Å². The summed E-state index contributed by atoms with van der Waals surface area (Å²) in [6, 6.07) is 3.83. The Labute approximate surface area is 172 Å². The van der Waals surface area contributed by atoms with Gasteiger partial charge in [0.2, 0.25) is 0 Å². The van der Waals surface area contributed by atoms with Gasteiger partial charge in [-0.05, 0) is 44.9 Å². The summed E-state index contributed by atoms with van der Waals surface area (Å²) in [5.41, 5.74) is 1.02. The lowest BCUT2D eigenvalue weighted by atomic mass is 10.1. The normalized spacial score (nSPS) is 20.7. The van der Waals surface area contributed by atoms with Crippen LogP contribution in [-0.2, 0) is 16.3 Å². The lowest BCUT2D eigenvalue weighted by Crippen LogP contribution is -2.57. The third-order valence-electron chi connectivity index (χ3n) is 5.00. The molecule has 0 spiro atoms. The van der Waals surface area contributed by atoms with Gasteiger partial charge in [0.05, 0.1) is 15.5 Å².